The maximum atomic E-state index is 12.3. The van der Waals surface area contributed by atoms with Gasteiger partial charge in [-0.15, -0.1) is 0 Å². The van der Waals surface area contributed by atoms with Gasteiger partial charge in [-0.05, 0) is 50.2 Å². The minimum atomic E-state index is -0.577. The molecule has 1 heterocycles. The van der Waals surface area contributed by atoms with Crippen LogP contribution in [0.25, 0.3) is 0 Å². The maximum absolute atomic E-state index is 12.3. The number of para-hydroxylation sites is 2. The summed E-state index contributed by atoms with van der Waals surface area (Å²) in [4.78, 5) is 26.6. The smallest absolute Gasteiger partial charge is 0.412 e. The van der Waals surface area contributed by atoms with Gasteiger partial charge in [0.05, 0.1) is 0 Å². The van der Waals surface area contributed by atoms with E-state index in [1.807, 2.05) is 36.4 Å². The van der Waals surface area contributed by atoms with E-state index in [1.165, 1.54) is 6.42 Å². The number of rotatable bonds is 7. The number of amides is 2. The van der Waals surface area contributed by atoms with Crippen LogP contribution in [0.3, 0.4) is 0 Å². The van der Waals surface area contributed by atoms with Crippen molar-refractivity contribution in [2.45, 2.75) is 25.4 Å². The predicted octanol–water partition coefficient (Wildman–Crippen LogP) is 1.34. The molecule has 2 amide bonds. The standard InChI is InChI=1S/C22H27N3O4.ClH/c26-21(23-18-10-4-1-5-11-18)28-17-20(16-25-14-8-3-9-15-25)29-22(27)24-19-12-6-2-7-13-19;/h1-2,4-7,10-13,20H,3,8-9,14-17H2,(H,23,26)(H,24,27);1H/p-1. The Hall–Kier alpha value is -2.77. The van der Waals surface area contributed by atoms with Crippen LogP contribution in [0.5, 0.6) is 0 Å². The lowest BCUT2D eigenvalue weighted by atomic mass is 10.1. The van der Waals surface area contributed by atoms with Crippen LogP contribution in [0, 0.1) is 0 Å². The largest absolute Gasteiger partial charge is 1.00 e. The van der Waals surface area contributed by atoms with Crippen LogP contribution in [-0.2, 0) is 9.47 Å². The van der Waals surface area contributed by atoms with Gasteiger partial charge in [-0.25, -0.2) is 9.59 Å². The quantitative estimate of drug-likeness (QED) is 0.690. The number of nitrogens with one attached hydrogen (secondary N) is 2. The zero-order chi connectivity index (χ0) is 20.3. The third-order valence-corrected chi connectivity index (χ3v) is 4.62. The van der Waals surface area contributed by atoms with E-state index in [0.29, 0.717) is 17.9 Å². The lowest BCUT2D eigenvalue weighted by molar-refractivity contribution is -0.0000166. The molecule has 0 aliphatic carbocycles. The second-order valence-electron chi connectivity index (χ2n) is 6.97. The number of carbonyl (C=O) groups is 2. The lowest BCUT2D eigenvalue weighted by Gasteiger charge is -2.30. The summed E-state index contributed by atoms with van der Waals surface area (Å²) in [6.45, 7) is 2.42. The highest BCUT2D eigenvalue weighted by molar-refractivity contribution is 5.85. The summed E-state index contributed by atoms with van der Waals surface area (Å²) in [5.41, 5.74) is 1.30. The molecule has 1 aliphatic rings. The monoisotopic (exact) mass is 432 g/mol. The maximum Gasteiger partial charge on any atom is 0.412 e. The van der Waals surface area contributed by atoms with Crippen LogP contribution in [-0.4, -0.2) is 49.4 Å². The lowest BCUT2D eigenvalue weighted by Crippen LogP contribution is -3.00. The Morgan fingerprint density at radius 3 is 1.93 bits per heavy atom. The number of hydrogen-bond donors (Lipinski definition) is 2. The van der Waals surface area contributed by atoms with E-state index in [9.17, 15) is 9.59 Å². The van der Waals surface area contributed by atoms with Gasteiger partial charge in [-0.1, -0.05) is 42.8 Å². The highest BCUT2D eigenvalue weighted by Gasteiger charge is 2.22. The number of carbonyl (C=O) groups excluding carboxylic acids is 2. The summed E-state index contributed by atoms with van der Waals surface area (Å²) >= 11 is 0. The number of ether oxygens (including phenoxy) is 2. The van der Waals surface area contributed by atoms with E-state index in [-0.39, 0.29) is 19.0 Å². The van der Waals surface area contributed by atoms with Crippen LogP contribution in [0.1, 0.15) is 19.3 Å². The third-order valence-electron chi connectivity index (χ3n) is 4.62. The van der Waals surface area contributed by atoms with Gasteiger partial charge in [-0.3, -0.25) is 15.5 Å². The molecule has 0 aromatic heterocycles. The van der Waals surface area contributed by atoms with Gasteiger partial charge in [0.25, 0.3) is 0 Å². The van der Waals surface area contributed by atoms with Crippen molar-refractivity contribution in [3.8, 4) is 0 Å². The van der Waals surface area contributed by atoms with Crippen LogP contribution in [0.2, 0.25) is 0 Å². The van der Waals surface area contributed by atoms with Crippen molar-refractivity contribution in [1.29, 1.82) is 0 Å². The molecule has 2 N–H and O–H groups in total. The Bertz CT molecular complexity index is 770. The normalized spacial score (nSPS) is 14.7. The first-order chi connectivity index (χ1) is 14.2. The summed E-state index contributed by atoms with van der Waals surface area (Å²) in [7, 11) is 0. The average molecular weight is 433 g/mol. The topological polar surface area (TPSA) is 79.9 Å². The van der Waals surface area contributed by atoms with Gasteiger partial charge in [0.2, 0.25) is 0 Å². The van der Waals surface area contributed by atoms with E-state index < -0.39 is 18.3 Å². The molecule has 1 aliphatic heterocycles. The number of likely N-dealkylation sites (tertiary alicyclic amines) is 1. The SMILES string of the molecule is O=C(Nc1ccccc1)OCC(CN1CCCCC1)OC(=O)Nc1ccccc1.[Cl-]. The molecule has 1 unspecified atom stereocenters. The average Bonchev–Trinajstić information content (AvgIpc) is 2.74. The first-order valence-corrected chi connectivity index (χ1v) is 9.93. The molecule has 2 aromatic rings. The van der Waals surface area contributed by atoms with Crippen molar-refractivity contribution < 1.29 is 31.5 Å². The second kappa shape index (κ2) is 12.7. The van der Waals surface area contributed by atoms with E-state index in [2.05, 4.69) is 15.5 Å². The van der Waals surface area contributed by atoms with Gasteiger partial charge in [0.15, 0.2) is 6.10 Å². The molecule has 1 fully saturated rings. The Labute approximate surface area is 183 Å². The number of halogens is 1. The Balaban J connectivity index is 0.00000320. The third kappa shape index (κ3) is 8.31. The minimum absolute atomic E-state index is 0. The Morgan fingerprint density at radius 1 is 0.833 bits per heavy atom. The summed E-state index contributed by atoms with van der Waals surface area (Å²) in [6, 6.07) is 18.2. The van der Waals surface area contributed by atoms with Gasteiger partial charge in [0.1, 0.15) is 6.61 Å². The Morgan fingerprint density at radius 2 is 1.37 bits per heavy atom. The summed E-state index contributed by atoms with van der Waals surface area (Å²) in [6.07, 6.45) is 1.76. The van der Waals surface area contributed by atoms with Crippen LogP contribution >= 0.6 is 0 Å². The van der Waals surface area contributed by atoms with Crippen molar-refractivity contribution >= 4 is 23.6 Å². The molecule has 0 bridgehead atoms. The number of piperidine rings is 1. The second-order valence-corrected chi connectivity index (χ2v) is 6.97. The first kappa shape index (κ1) is 23.5. The highest BCUT2D eigenvalue weighted by atomic mass is 35.5. The molecule has 0 radical (unpaired) electrons. The predicted molar refractivity (Wildman–Crippen MR) is 112 cm³/mol. The number of nitrogens with zero attached hydrogens (tertiary/aromatic N) is 1. The molecule has 1 atom stereocenters. The van der Waals surface area contributed by atoms with Crippen molar-refractivity contribution in [3.63, 3.8) is 0 Å². The van der Waals surface area contributed by atoms with E-state index in [1.54, 1.807) is 24.3 Å². The van der Waals surface area contributed by atoms with Gasteiger partial charge in [-0.2, -0.15) is 0 Å². The molecule has 162 valence electrons. The molecule has 1 saturated heterocycles. The summed E-state index contributed by atoms with van der Waals surface area (Å²) in [5, 5.41) is 5.36. The van der Waals surface area contributed by atoms with Crippen molar-refractivity contribution in [2.24, 2.45) is 0 Å². The van der Waals surface area contributed by atoms with Crippen molar-refractivity contribution in [2.75, 3.05) is 36.9 Å². The molecular formula is C22H27ClN3O4-. The first-order valence-electron chi connectivity index (χ1n) is 9.93. The van der Waals surface area contributed by atoms with Crippen LogP contribution < -0.4 is 23.0 Å². The zero-order valence-electron chi connectivity index (χ0n) is 16.8. The van der Waals surface area contributed by atoms with E-state index in [0.717, 1.165) is 25.9 Å². The molecule has 0 spiro atoms. The van der Waals surface area contributed by atoms with E-state index >= 15 is 0 Å². The molecule has 0 saturated carbocycles. The minimum Gasteiger partial charge on any atom is -1.00 e. The van der Waals surface area contributed by atoms with Crippen molar-refractivity contribution in [3.05, 3.63) is 60.7 Å². The summed E-state index contributed by atoms with van der Waals surface area (Å²) < 4.78 is 10.9. The van der Waals surface area contributed by atoms with Gasteiger partial charge in [0, 0.05) is 17.9 Å². The summed E-state index contributed by atoms with van der Waals surface area (Å²) in [5.74, 6) is 0. The van der Waals surface area contributed by atoms with Crippen LogP contribution in [0.4, 0.5) is 21.0 Å². The van der Waals surface area contributed by atoms with Crippen LogP contribution in [0.15, 0.2) is 60.7 Å². The van der Waals surface area contributed by atoms with E-state index in [4.69, 9.17) is 9.47 Å². The number of hydrogen-bond acceptors (Lipinski definition) is 5. The fourth-order valence-electron chi connectivity index (χ4n) is 3.22. The fourth-order valence-corrected chi connectivity index (χ4v) is 3.22. The fraction of sp³-hybridized carbons (Fsp3) is 0.364. The Kier molecular flexibility index (Phi) is 9.97. The molecule has 8 heteroatoms. The molecule has 7 nitrogen and oxygen atoms in total. The molecule has 3 rings (SSSR count). The molecular weight excluding hydrogens is 406 g/mol. The molecule has 30 heavy (non-hydrogen) atoms. The highest BCUT2D eigenvalue weighted by Crippen LogP contribution is 2.12. The molecule has 2 aromatic carbocycles. The zero-order valence-corrected chi connectivity index (χ0v) is 17.5. The van der Waals surface area contributed by atoms with Crippen molar-refractivity contribution in [1.82, 2.24) is 4.90 Å². The van der Waals surface area contributed by atoms with Gasteiger partial charge < -0.3 is 21.9 Å². The van der Waals surface area contributed by atoms with Gasteiger partial charge >= 0.3 is 12.2 Å². The number of anilines is 2. The number of benzene rings is 2.